The molecule has 1 aromatic heterocycles. The number of amides is 1. The number of nitro benzene ring substituents is 1. The van der Waals surface area contributed by atoms with Crippen LogP contribution >= 0.6 is 11.3 Å². The van der Waals surface area contributed by atoms with E-state index in [0.717, 1.165) is 0 Å². The molecule has 0 saturated heterocycles. The molecule has 3 aromatic rings. The van der Waals surface area contributed by atoms with Gasteiger partial charge in [0.15, 0.2) is 11.2 Å². The van der Waals surface area contributed by atoms with E-state index in [2.05, 4.69) is 10.3 Å². The highest BCUT2D eigenvalue weighted by molar-refractivity contribution is 7.14. The van der Waals surface area contributed by atoms with Crippen molar-refractivity contribution in [2.45, 2.75) is 13.0 Å². The van der Waals surface area contributed by atoms with Crippen LogP contribution in [0.25, 0.3) is 11.3 Å². The SMILES string of the molecule is CC(OC(=O)c1ccccc1)C(=O)Nc1nc(-c2cccc([N+](=O)[O-])c2)cs1. The highest BCUT2D eigenvalue weighted by Gasteiger charge is 2.20. The lowest BCUT2D eigenvalue weighted by atomic mass is 10.1. The number of nitrogens with zero attached hydrogens (tertiary/aromatic N) is 2. The van der Waals surface area contributed by atoms with Crippen molar-refractivity contribution in [3.63, 3.8) is 0 Å². The average molecular weight is 397 g/mol. The Kier molecular flexibility index (Phi) is 5.75. The minimum atomic E-state index is -1.02. The first-order chi connectivity index (χ1) is 13.4. The first-order valence-corrected chi connectivity index (χ1v) is 9.09. The number of non-ortho nitro benzene ring substituents is 1. The molecule has 0 bridgehead atoms. The Balaban J connectivity index is 1.64. The first-order valence-electron chi connectivity index (χ1n) is 8.21. The van der Waals surface area contributed by atoms with Crippen LogP contribution in [-0.4, -0.2) is 27.9 Å². The first kappa shape index (κ1) is 19.2. The number of anilines is 1. The molecular formula is C19H15N3O5S. The van der Waals surface area contributed by atoms with Crippen molar-refractivity contribution in [3.05, 3.63) is 75.7 Å². The zero-order valence-corrected chi connectivity index (χ0v) is 15.5. The lowest BCUT2D eigenvalue weighted by Gasteiger charge is -2.12. The van der Waals surface area contributed by atoms with Gasteiger partial charge in [-0.1, -0.05) is 30.3 Å². The van der Waals surface area contributed by atoms with E-state index in [9.17, 15) is 19.7 Å². The molecule has 0 saturated carbocycles. The fourth-order valence-corrected chi connectivity index (χ4v) is 3.03. The van der Waals surface area contributed by atoms with Gasteiger partial charge < -0.3 is 4.74 Å². The molecule has 8 nitrogen and oxygen atoms in total. The minimum absolute atomic E-state index is 0.0440. The number of thiazole rings is 1. The zero-order valence-electron chi connectivity index (χ0n) is 14.7. The molecule has 0 radical (unpaired) electrons. The van der Waals surface area contributed by atoms with Crippen LogP contribution in [0.5, 0.6) is 0 Å². The van der Waals surface area contributed by atoms with Crippen LogP contribution < -0.4 is 5.32 Å². The molecule has 1 N–H and O–H groups in total. The van der Waals surface area contributed by atoms with Gasteiger partial charge in [-0.25, -0.2) is 9.78 Å². The molecule has 0 fully saturated rings. The molecule has 1 atom stereocenters. The molecular weight excluding hydrogens is 382 g/mol. The molecule has 1 unspecified atom stereocenters. The Morgan fingerprint density at radius 2 is 1.93 bits per heavy atom. The van der Waals surface area contributed by atoms with E-state index < -0.39 is 22.9 Å². The van der Waals surface area contributed by atoms with Gasteiger partial charge >= 0.3 is 5.97 Å². The number of carbonyl (C=O) groups excluding carboxylic acids is 2. The highest BCUT2D eigenvalue weighted by Crippen LogP contribution is 2.27. The summed E-state index contributed by atoms with van der Waals surface area (Å²) < 4.78 is 5.15. The van der Waals surface area contributed by atoms with Gasteiger partial charge in [-0.3, -0.25) is 20.2 Å². The Morgan fingerprint density at radius 1 is 1.18 bits per heavy atom. The van der Waals surface area contributed by atoms with Gasteiger partial charge in [-0.15, -0.1) is 11.3 Å². The quantitative estimate of drug-likeness (QED) is 0.383. The molecule has 1 amide bonds. The maximum absolute atomic E-state index is 12.3. The number of esters is 1. The van der Waals surface area contributed by atoms with E-state index in [1.165, 1.54) is 30.4 Å². The smallest absolute Gasteiger partial charge is 0.338 e. The van der Waals surface area contributed by atoms with Crippen LogP contribution in [0.1, 0.15) is 17.3 Å². The lowest BCUT2D eigenvalue weighted by Crippen LogP contribution is -2.29. The average Bonchev–Trinajstić information content (AvgIpc) is 3.17. The topological polar surface area (TPSA) is 111 Å². The third kappa shape index (κ3) is 4.57. The Hall–Kier alpha value is -3.59. The summed E-state index contributed by atoms with van der Waals surface area (Å²) in [5.74, 6) is -1.12. The number of aromatic nitrogens is 1. The number of carbonyl (C=O) groups is 2. The van der Waals surface area contributed by atoms with Crippen molar-refractivity contribution in [1.29, 1.82) is 0 Å². The second-order valence-corrected chi connectivity index (χ2v) is 6.61. The van der Waals surface area contributed by atoms with Gasteiger partial charge in [0.1, 0.15) is 0 Å². The number of hydrogen-bond donors (Lipinski definition) is 1. The third-order valence-corrected chi connectivity index (χ3v) is 4.51. The summed E-state index contributed by atoms with van der Waals surface area (Å²) in [5, 5.41) is 15.4. The van der Waals surface area contributed by atoms with Gasteiger partial charge in [0.2, 0.25) is 0 Å². The van der Waals surface area contributed by atoms with Crippen molar-refractivity contribution in [2.75, 3.05) is 5.32 Å². The second-order valence-electron chi connectivity index (χ2n) is 5.75. The summed E-state index contributed by atoms with van der Waals surface area (Å²) in [6, 6.07) is 14.4. The Bertz CT molecular complexity index is 1020. The van der Waals surface area contributed by atoms with Gasteiger partial charge in [0.25, 0.3) is 11.6 Å². The summed E-state index contributed by atoms with van der Waals surface area (Å²) in [5.41, 5.74) is 1.37. The summed E-state index contributed by atoms with van der Waals surface area (Å²) in [7, 11) is 0. The molecule has 1 heterocycles. The minimum Gasteiger partial charge on any atom is -0.449 e. The number of rotatable bonds is 6. The van der Waals surface area contributed by atoms with Crippen LogP contribution in [0.2, 0.25) is 0 Å². The predicted molar refractivity (Wildman–Crippen MR) is 104 cm³/mol. The largest absolute Gasteiger partial charge is 0.449 e. The third-order valence-electron chi connectivity index (χ3n) is 3.75. The molecule has 0 aliphatic rings. The molecule has 142 valence electrons. The molecule has 28 heavy (non-hydrogen) atoms. The molecule has 9 heteroatoms. The number of ether oxygens (including phenoxy) is 1. The molecule has 0 aliphatic heterocycles. The van der Waals surface area contributed by atoms with Crippen LogP contribution in [0.3, 0.4) is 0 Å². The van der Waals surface area contributed by atoms with Crippen LogP contribution in [-0.2, 0) is 9.53 Å². The van der Waals surface area contributed by atoms with E-state index >= 15 is 0 Å². The number of nitrogens with one attached hydrogen (secondary N) is 1. The van der Waals surface area contributed by atoms with Crippen molar-refractivity contribution >= 4 is 34.0 Å². The van der Waals surface area contributed by atoms with E-state index in [1.807, 2.05) is 0 Å². The van der Waals surface area contributed by atoms with Gasteiger partial charge in [0, 0.05) is 23.1 Å². The maximum Gasteiger partial charge on any atom is 0.338 e. The highest BCUT2D eigenvalue weighted by atomic mass is 32.1. The normalized spacial score (nSPS) is 11.5. The molecule has 0 aliphatic carbocycles. The lowest BCUT2D eigenvalue weighted by molar-refractivity contribution is -0.384. The van der Waals surface area contributed by atoms with Gasteiger partial charge in [-0.2, -0.15) is 0 Å². The maximum atomic E-state index is 12.3. The summed E-state index contributed by atoms with van der Waals surface area (Å²) >= 11 is 1.17. The number of hydrogen-bond acceptors (Lipinski definition) is 7. The van der Waals surface area contributed by atoms with Gasteiger partial charge in [-0.05, 0) is 19.1 Å². The number of benzene rings is 2. The predicted octanol–water partition coefficient (Wildman–Crippen LogP) is 3.90. The Morgan fingerprint density at radius 3 is 2.64 bits per heavy atom. The van der Waals surface area contributed by atoms with E-state index in [0.29, 0.717) is 22.0 Å². The van der Waals surface area contributed by atoms with Crippen molar-refractivity contribution in [3.8, 4) is 11.3 Å². The van der Waals surface area contributed by atoms with Crippen molar-refractivity contribution in [1.82, 2.24) is 4.98 Å². The van der Waals surface area contributed by atoms with E-state index in [4.69, 9.17) is 4.74 Å². The monoisotopic (exact) mass is 397 g/mol. The van der Waals surface area contributed by atoms with Crippen LogP contribution in [0.4, 0.5) is 10.8 Å². The number of nitro groups is 1. The zero-order chi connectivity index (χ0) is 20.1. The van der Waals surface area contributed by atoms with Gasteiger partial charge in [0.05, 0.1) is 16.2 Å². The molecule has 0 spiro atoms. The Labute approximate surface area is 164 Å². The molecule has 3 rings (SSSR count). The van der Waals surface area contributed by atoms with Crippen LogP contribution in [0, 0.1) is 10.1 Å². The fraction of sp³-hybridized carbons (Fsp3) is 0.105. The summed E-state index contributed by atoms with van der Waals surface area (Å²) in [6.07, 6.45) is -1.02. The van der Waals surface area contributed by atoms with Crippen molar-refractivity contribution < 1.29 is 19.2 Å². The standard InChI is InChI=1S/C19H15N3O5S/c1-12(27-18(24)13-6-3-2-4-7-13)17(23)21-19-20-16(11-28-19)14-8-5-9-15(10-14)22(25)26/h2-12H,1H3,(H,20,21,23). The molecule has 2 aromatic carbocycles. The van der Waals surface area contributed by atoms with Crippen molar-refractivity contribution in [2.24, 2.45) is 0 Å². The summed E-state index contributed by atoms with van der Waals surface area (Å²) in [6.45, 7) is 1.46. The van der Waals surface area contributed by atoms with E-state index in [-0.39, 0.29) is 5.69 Å². The fourth-order valence-electron chi connectivity index (χ4n) is 2.31. The second kappa shape index (κ2) is 8.40. The van der Waals surface area contributed by atoms with E-state index in [1.54, 1.807) is 47.8 Å². The van der Waals surface area contributed by atoms with Crippen LogP contribution in [0.15, 0.2) is 60.0 Å². The summed E-state index contributed by atoms with van der Waals surface area (Å²) in [4.78, 5) is 38.9.